The minimum absolute atomic E-state index is 0.596. The highest BCUT2D eigenvalue weighted by atomic mass is 32.1. The average Bonchev–Trinajstić information content (AvgIpc) is 2.58. The molecule has 78 valence electrons. The van der Waals surface area contributed by atoms with Gasteiger partial charge in [0.15, 0.2) is 0 Å². The Labute approximate surface area is 90.6 Å². The molecule has 0 aromatic carbocycles. The number of hydrogen-bond donors (Lipinski definition) is 0. The molecule has 0 amide bonds. The van der Waals surface area contributed by atoms with E-state index < -0.39 is 0 Å². The van der Waals surface area contributed by atoms with Gasteiger partial charge >= 0.3 is 0 Å². The molecular weight excluding hydrogens is 190 g/mol. The summed E-state index contributed by atoms with van der Waals surface area (Å²) in [6.07, 6.45) is 2.53. The molecule has 0 saturated carbocycles. The van der Waals surface area contributed by atoms with Crippen LogP contribution in [0.5, 0.6) is 0 Å². The van der Waals surface area contributed by atoms with E-state index in [0.29, 0.717) is 5.92 Å². The smallest absolute Gasteiger partial charge is 0.0956 e. The van der Waals surface area contributed by atoms with Crippen molar-refractivity contribution < 1.29 is 0 Å². The normalized spacial score (nSPS) is 20.9. The SMILES string of the molecule is CC(C)c1nc2c(s1)C(C(C)C)CC2. The average molecular weight is 209 g/mol. The van der Waals surface area contributed by atoms with Crippen LogP contribution in [0, 0.1) is 5.92 Å². The van der Waals surface area contributed by atoms with Crippen LogP contribution in [0.1, 0.15) is 61.5 Å². The molecule has 1 heterocycles. The third-order valence-electron chi connectivity index (χ3n) is 3.07. The lowest BCUT2D eigenvalue weighted by atomic mass is 9.95. The van der Waals surface area contributed by atoms with E-state index >= 15 is 0 Å². The van der Waals surface area contributed by atoms with E-state index in [1.165, 1.54) is 23.5 Å². The predicted octanol–water partition coefficient (Wildman–Crippen LogP) is 3.95. The molecule has 1 atom stereocenters. The second-order valence-corrected chi connectivity index (χ2v) is 5.97. The fraction of sp³-hybridized carbons (Fsp3) is 0.750. The highest BCUT2D eigenvalue weighted by Crippen LogP contribution is 2.42. The molecule has 1 aromatic heterocycles. The molecule has 0 bridgehead atoms. The third kappa shape index (κ3) is 1.60. The number of nitrogens with zero attached hydrogens (tertiary/aromatic N) is 1. The van der Waals surface area contributed by atoms with Crippen LogP contribution in [-0.2, 0) is 6.42 Å². The Bertz CT molecular complexity index is 325. The summed E-state index contributed by atoms with van der Waals surface area (Å²) in [6.45, 7) is 9.12. The molecule has 1 nitrogen and oxygen atoms in total. The van der Waals surface area contributed by atoms with Gasteiger partial charge in [-0.15, -0.1) is 11.3 Å². The Morgan fingerprint density at radius 3 is 2.57 bits per heavy atom. The van der Waals surface area contributed by atoms with Crippen LogP contribution in [0.2, 0.25) is 0 Å². The molecular formula is C12H19NS. The zero-order valence-electron chi connectivity index (χ0n) is 9.50. The Morgan fingerprint density at radius 2 is 2.00 bits per heavy atom. The van der Waals surface area contributed by atoms with Crippen molar-refractivity contribution in [2.75, 3.05) is 0 Å². The topological polar surface area (TPSA) is 12.9 Å². The van der Waals surface area contributed by atoms with Crippen LogP contribution >= 0.6 is 11.3 Å². The summed E-state index contributed by atoms with van der Waals surface area (Å²) >= 11 is 1.96. The summed E-state index contributed by atoms with van der Waals surface area (Å²) in [5.74, 6) is 2.16. The summed E-state index contributed by atoms with van der Waals surface area (Å²) in [4.78, 5) is 6.33. The fourth-order valence-electron chi connectivity index (χ4n) is 2.16. The largest absolute Gasteiger partial charge is 0.246 e. The number of rotatable bonds is 2. The van der Waals surface area contributed by atoms with Crippen LogP contribution in [0.3, 0.4) is 0 Å². The minimum Gasteiger partial charge on any atom is -0.246 e. The number of thiazole rings is 1. The standard InChI is InChI=1S/C12H19NS/c1-7(2)9-5-6-10-11(9)14-12(13-10)8(3)4/h7-9H,5-6H2,1-4H3. The molecule has 1 aliphatic carbocycles. The highest BCUT2D eigenvalue weighted by molar-refractivity contribution is 7.12. The Balaban J connectivity index is 2.30. The fourth-order valence-corrected chi connectivity index (χ4v) is 3.58. The van der Waals surface area contributed by atoms with Gasteiger partial charge in [0.25, 0.3) is 0 Å². The Morgan fingerprint density at radius 1 is 1.29 bits per heavy atom. The quantitative estimate of drug-likeness (QED) is 0.718. The van der Waals surface area contributed by atoms with Gasteiger partial charge < -0.3 is 0 Å². The van der Waals surface area contributed by atoms with E-state index in [0.717, 1.165) is 11.8 Å². The van der Waals surface area contributed by atoms with Crippen molar-refractivity contribution in [2.24, 2.45) is 5.92 Å². The minimum atomic E-state index is 0.596. The first-order valence-corrected chi connectivity index (χ1v) is 6.40. The highest BCUT2D eigenvalue weighted by Gasteiger charge is 2.29. The zero-order chi connectivity index (χ0) is 10.3. The van der Waals surface area contributed by atoms with Gasteiger partial charge in [-0.1, -0.05) is 27.7 Å². The molecule has 1 aliphatic rings. The van der Waals surface area contributed by atoms with Crippen molar-refractivity contribution in [2.45, 2.75) is 52.4 Å². The van der Waals surface area contributed by atoms with Crippen LogP contribution in [0.4, 0.5) is 0 Å². The monoisotopic (exact) mass is 209 g/mol. The van der Waals surface area contributed by atoms with Crippen molar-refractivity contribution in [3.05, 3.63) is 15.6 Å². The second-order valence-electron chi connectivity index (χ2n) is 4.91. The Hall–Kier alpha value is -0.370. The maximum atomic E-state index is 4.74. The summed E-state index contributed by atoms with van der Waals surface area (Å²) in [7, 11) is 0. The third-order valence-corrected chi connectivity index (χ3v) is 4.60. The van der Waals surface area contributed by atoms with Crippen molar-refractivity contribution in [1.29, 1.82) is 0 Å². The summed E-state index contributed by atoms with van der Waals surface area (Å²) < 4.78 is 0. The van der Waals surface area contributed by atoms with Gasteiger partial charge in [-0.3, -0.25) is 0 Å². The van der Waals surface area contributed by atoms with E-state index in [1.807, 2.05) is 11.3 Å². The zero-order valence-corrected chi connectivity index (χ0v) is 10.3. The van der Waals surface area contributed by atoms with Crippen molar-refractivity contribution in [1.82, 2.24) is 4.98 Å². The van der Waals surface area contributed by atoms with E-state index in [4.69, 9.17) is 4.98 Å². The summed E-state index contributed by atoms with van der Waals surface area (Å²) in [5.41, 5.74) is 1.40. The molecule has 0 N–H and O–H groups in total. The van der Waals surface area contributed by atoms with Crippen LogP contribution in [0.25, 0.3) is 0 Å². The molecule has 0 spiro atoms. The number of aryl methyl sites for hydroxylation is 1. The summed E-state index contributed by atoms with van der Waals surface area (Å²) in [6, 6.07) is 0. The van der Waals surface area contributed by atoms with Crippen molar-refractivity contribution >= 4 is 11.3 Å². The molecule has 2 heteroatoms. The van der Waals surface area contributed by atoms with E-state index in [-0.39, 0.29) is 0 Å². The molecule has 0 radical (unpaired) electrons. The predicted molar refractivity (Wildman–Crippen MR) is 62.1 cm³/mol. The van der Waals surface area contributed by atoms with Gasteiger partial charge in [0.05, 0.1) is 10.7 Å². The van der Waals surface area contributed by atoms with Crippen LogP contribution in [0.15, 0.2) is 0 Å². The first-order chi connectivity index (χ1) is 6.59. The van der Waals surface area contributed by atoms with Gasteiger partial charge in [-0.05, 0) is 24.7 Å². The first kappa shape index (κ1) is 10.2. The molecule has 0 fully saturated rings. The van der Waals surface area contributed by atoms with E-state index in [2.05, 4.69) is 27.7 Å². The first-order valence-electron chi connectivity index (χ1n) is 5.59. The van der Waals surface area contributed by atoms with Crippen molar-refractivity contribution in [3.8, 4) is 0 Å². The number of hydrogen-bond acceptors (Lipinski definition) is 2. The molecule has 14 heavy (non-hydrogen) atoms. The van der Waals surface area contributed by atoms with Gasteiger partial charge in [0.2, 0.25) is 0 Å². The Kier molecular flexibility index (Phi) is 2.65. The maximum Gasteiger partial charge on any atom is 0.0956 e. The van der Waals surface area contributed by atoms with E-state index in [9.17, 15) is 0 Å². The molecule has 0 saturated heterocycles. The summed E-state index contributed by atoms with van der Waals surface area (Å²) in [5, 5.41) is 1.33. The number of fused-ring (bicyclic) bond motifs is 1. The van der Waals surface area contributed by atoms with Gasteiger partial charge in [-0.25, -0.2) is 4.98 Å². The van der Waals surface area contributed by atoms with Gasteiger partial charge in [0, 0.05) is 10.8 Å². The molecule has 0 aliphatic heterocycles. The van der Waals surface area contributed by atoms with Gasteiger partial charge in [0.1, 0.15) is 0 Å². The number of aromatic nitrogens is 1. The molecule has 2 rings (SSSR count). The second kappa shape index (κ2) is 3.65. The molecule has 1 unspecified atom stereocenters. The lowest BCUT2D eigenvalue weighted by molar-refractivity contribution is 0.500. The molecule has 1 aromatic rings. The van der Waals surface area contributed by atoms with Gasteiger partial charge in [-0.2, -0.15) is 0 Å². The lowest BCUT2D eigenvalue weighted by Gasteiger charge is -2.13. The van der Waals surface area contributed by atoms with Crippen LogP contribution in [-0.4, -0.2) is 4.98 Å². The van der Waals surface area contributed by atoms with Crippen molar-refractivity contribution in [3.63, 3.8) is 0 Å². The van der Waals surface area contributed by atoms with E-state index in [1.54, 1.807) is 4.88 Å². The maximum absolute atomic E-state index is 4.74. The lowest BCUT2D eigenvalue weighted by Crippen LogP contribution is -2.00. The van der Waals surface area contributed by atoms with Crippen LogP contribution < -0.4 is 0 Å².